The molecule has 4 rings (SSSR count). The van der Waals surface area contributed by atoms with Gasteiger partial charge in [0.2, 0.25) is 0 Å². The van der Waals surface area contributed by atoms with E-state index in [0.29, 0.717) is 5.75 Å². The molecule has 1 aliphatic carbocycles. The Morgan fingerprint density at radius 2 is 1.89 bits per heavy atom. The molecule has 0 saturated heterocycles. The topological polar surface area (TPSA) is 48.1 Å². The van der Waals surface area contributed by atoms with Crippen LogP contribution in [-0.4, -0.2) is 17.1 Å². The Morgan fingerprint density at radius 3 is 2.61 bits per heavy atom. The monoisotopic (exact) mass is 378 g/mol. The highest BCUT2D eigenvalue weighted by Crippen LogP contribution is 2.43. The average molecular weight is 378 g/mol. The smallest absolute Gasteiger partial charge is 0.165 e. The molecule has 1 aromatic heterocycles. The number of aromatic nitrogens is 1. The first-order valence-corrected chi connectivity index (χ1v) is 10.1. The van der Waals surface area contributed by atoms with Crippen LogP contribution in [0.5, 0.6) is 5.75 Å². The maximum Gasteiger partial charge on any atom is 0.165 e. The Hall–Kier alpha value is -2.46. The van der Waals surface area contributed by atoms with E-state index in [1.165, 1.54) is 11.6 Å². The minimum atomic E-state index is -0.328. The van der Waals surface area contributed by atoms with Gasteiger partial charge in [0.15, 0.2) is 11.6 Å². The molecule has 28 heavy (non-hydrogen) atoms. The maximum atomic E-state index is 14.5. The van der Waals surface area contributed by atoms with Crippen LogP contribution in [0.2, 0.25) is 0 Å². The summed E-state index contributed by atoms with van der Waals surface area (Å²) in [6.45, 7) is 2.15. The lowest BCUT2D eigenvalue weighted by atomic mass is 9.64. The van der Waals surface area contributed by atoms with Crippen molar-refractivity contribution in [3.8, 4) is 5.75 Å². The van der Waals surface area contributed by atoms with Crippen molar-refractivity contribution >= 4 is 10.8 Å². The molecule has 0 aliphatic heterocycles. The van der Waals surface area contributed by atoms with E-state index in [1.807, 2.05) is 12.1 Å². The largest absolute Gasteiger partial charge is 0.487 e. The van der Waals surface area contributed by atoms with Gasteiger partial charge in [-0.2, -0.15) is 0 Å². The third-order valence-corrected chi connectivity index (χ3v) is 6.31. The highest BCUT2D eigenvalue weighted by molar-refractivity contribution is 5.83. The fourth-order valence-corrected chi connectivity index (χ4v) is 4.62. The minimum absolute atomic E-state index is 0.00896. The molecule has 0 unspecified atom stereocenters. The standard InChI is InChI=1S/C24H27FN2O/c1-2-23(26)24(19-6-4-3-5-7-19)11-8-20(9-12-24)28-22-15-17-10-13-27-16-18(17)14-21(22)25/h3-7,10,13-16,20,23H,2,8-9,11-12,26H2,1H3/t20-,23-,24+/m0/s1. The lowest BCUT2D eigenvalue weighted by Crippen LogP contribution is -2.48. The van der Waals surface area contributed by atoms with Crippen molar-refractivity contribution in [2.45, 2.75) is 56.6 Å². The van der Waals surface area contributed by atoms with Crippen molar-refractivity contribution in [1.29, 1.82) is 0 Å². The van der Waals surface area contributed by atoms with Crippen LogP contribution < -0.4 is 10.5 Å². The van der Waals surface area contributed by atoms with Crippen molar-refractivity contribution in [3.63, 3.8) is 0 Å². The molecule has 1 heterocycles. The van der Waals surface area contributed by atoms with Gasteiger partial charge in [-0.25, -0.2) is 4.39 Å². The number of benzene rings is 2. The second kappa shape index (κ2) is 7.88. The number of rotatable bonds is 5. The summed E-state index contributed by atoms with van der Waals surface area (Å²) in [5.74, 6) is 0.00126. The molecule has 2 aromatic carbocycles. The quantitative estimate of drug-likeness (QED) is 0.649. The van der Waals surface area contributed by atoms with E-state index in [-0.39, 0.29) is 23.4 Å². The van der Waals surface area contributed by atoms with E-state index < -0.39 is 0 Å². The first kappa shape index (κ1) is 18.9. The zero-order valence-electron chi connectivity index (χ0n) is 16.3. The van der Waals surface area contributed by atoms with Crippen LogP contribution in [0.4, 0.5) is 4.39 Å². The van der Waals surface area contributed by atoms with E-state index in [9.17, 15) is 4.39 Å². The molecular formula is C24H27FN2O. The molecule has 0 bridgehead atoms. The summed E-state index contributed by atoms with van der Waals surface area (Å²) in [6.07, 6.45) is 7.98. The number of halogens is 1. The van der Waals surface area contributed by atoms with Gasteiger partial charge < -0.3 is 10.5 Å². The summed E-state index contributed by atoms with van der Waals surface area (Å²) in [6, 6.07) is 15.9. The molecule has 1 saturated carbocycles. The molecule has 0 amide bonds. The van der Waals surface area contributed by atoms with Crippen molar-refractivity contribution in [2.24, 2.45) is 5.73 Å². The number of pyridine rings is 1. The number of nitrogens with zero attached hydrogens (tertiary/aromatic N) is 1. The summed E-state index contributed by atoms with van der Waals surface area (Å²) in [5, 5.41) is 1.72. The van der Waals surface area contributed by atoms with Crippen molar-refractivity contribution in [1.82, 2.24) is 4.98 Å². The molecule has 0 spiro atoms. The molecule has 1 fully saturated rings. The number of fused-ring (bicyclic) bond motifs is 1. The van der Waals surface area contributed by atoms with E-state index >= 15 is 0 Å². The predicted octanol–water partition coefficient (Wildman–Crippen LogP) is 5.37. The van der Waals surface area contributed by atoms with E-state index in [2.05, 4.69) is 36.2 Å². The number of nitrogens with two attached hydrogens (primary N) is 1. The lowest BCUT2D eigenvalue weighted by molar-refractivity contribution is 0.100. The van der Waals surface area contributed by atoms with E-state index in [4.69, 9.17) is 10.5 Å². The number of ether oxygens (including phenoxy) is 1. The van der Waals surface area contributed by atoms with Crippen LogP contribution in [0, 0.1) is 5.82 Å². The van der Waals surface area contributed by atoms with Gasteiger partial charge in [0.05, 0.1) is 6.10 Å². The van der Waals surface area contributed by atoms with Gasteiger partial charge in [-0.1, -0.05) is 37.3 Å². The van der Waals surface area contributed by atoms with Gasteiger partial charge in [0, 0.05) is 29.2 Å². The molecule has 3 nitrogen and oxygen atoms in total. The van der Waals surface area contributed by atoms with Crippen molar-refractivity contribution < 1.29 is 9.13 Å². The van der Waals surface area contributed by atoms with Gasteiger partial charge >= 0.3 is 0 Å². The Labute approximate surface area is 165 Å². The second-order valence-corrected chi connectivity index (χ2v) is 7.86. The molecule has 2 N–H and O–H groups in total. The highest BCUT2D eigenvalue weighted by Gasteiger charge is 2.41. The molecule has 1 atom stereocenters. The molecule has 3 aromatic rings. The molecular weight excluding hydrogens is 351 g/mol. The van der Waals surface area contributed by atoms with Crippen LogP contribution in [0.1, 0.15) is 44.6 Å². The van der Waals surface area contributed by atoms with E-state index in [0.717, 1.165) is 42.9 Å². The minimum Gasteiger partial charge on any atom is -0.487 e. The predicted molar refractivity (Wildman–Crippen MR) is 111 cm³/mol. The van der Waals surface area contributed by atoms with Crippen LogP contribution in [0.3, 0.4) is 0 Å². The maximum absolute atomic E-state index is 14.5. The zero-order valence-corrected chi connectivity index (χ0v) is 16.3. The first-order chi connectivity index (χ1) is 13.6. The third-order valence-electron chi connectivity index (χ3n) is 6.31. The van der Waals surface area contributed by atoms with Crippen LogP contribution >= 0.6 is 0 Å². The summed E-state index contributed by atoms with van der Waals surface area (Å²) < 4.78 is 20.6. The van der Waals surface area contributed by atoms with E-state index in [1.54, 1.807) is 18.5 Å². The van der Waals surface area contributed by atoms with Gasteiger partial charge in [-0.15, -0.1) is 0 Å². The molecule has 0 radical (unpaired) electrons. The van der Waals surface area contributed by atoms with Crippen molar-refractivity contribution in [3.05, 3.63) is 72.3 Å². The number of hydrogen-bond donors (Lipinski definition) is 1. The fourth-order valence-electron chi connectivity index (χ4n) is 4.62. The van der Waals surface area contributed by atoms with Crippen molar-refractivity contribution in [2.75, 3.05) is 0 Å². The normalized spacial score (nSPS) is 23.5. The SMILES string of the molecule is CC[C@H](N)[C@]1(c2ccccc2)CC[C@H](Oc2cc3ccncc3cc2F)CC1. The fraction of sp³-hybridized carbons (Fsp3) is 0.375. The molecule has 146 valence electrons. The summed E-state index contributed by atoms with van der Waals surface area (Å²) >= 11 is 0. The lowest BCUT2D eigenvalue weighted by Gasteiger charge is -2.44. The average Bonchev–Trinajstić information content (AvgIpc) is 2.75. The Bertz CT molecular complexity index is 936. The summed E-state index contributed by atoms with van der Waals surface area (Å²) in [4.78, 5) is 4.05. The summed E-state index contributed by atoms with van der Waals surface area (Å²) in [5.41, 5.74) is 7.88. The number of hydrogen-bond acceptors (Lipinski definition) is 3. The van der Waals surface area contributed by atoms with Gasteiger partial charge in [0.1, 0.15) is 0 Å². The van der Waals surface area contributed by atoms with Gasteiger partial charge in [0.25, 0.3) is 0 Å². The summed E-state index contributed by atoms with van der Waals surface area (Å²) in [7, 11) is 0. The van der Waals surface area contributed by atoms with Crippen LogP contribution in [0.15, 0.2) is 60.9 Å². The Kier molecular flexibility index (Phi) is 5.31. The first-order valence-electron chi connectivity index (χ1n) is 10.1. The van der Waals surface area contributed by atoms with Gasteiger partial charge in [-0.3, -0.25) is 4.98 Å². The van der Waals surface area contributed by atoms with Gasteiger partial charge in [-0.05, 0) is 61.3 Å². The highest BCUT2D eigenvalue weighted by atomic mass is 19.1. The Morgan fingerprint density at radius 1 is 1.14 bits per heavy atom. The second-order valence-electron chi connectivity index (χ2n) is 7.86. The zero-order chi connectivity index (χ0) is 19.6. The van der Waals surface area contributed by atoms with Crippen LogP contribution in [0.25, 0.3) is 10.8 Å². The Balaban J connectivity index is 1.52. The van der Waals surface area contributed by atoms with Crippen LogP contribution in [-0.2, 0) is 5.41 Å². The molecule has 4 heteroatoms. The third kappa shape index (κ3) is 3.49. The molecule has 1 aliphatic rings.